The first-order valence-electron chi connectivity index (χ1n) is 5.99. The second-order valence-corrected chi connectivity index (χ2v) is 5.91. The molecule has 3 nitrogen and oxygen atoms in total. The first-order valence-corrected chi connectivity index (χ1v) is 6.78. The van der Waals surface area contributed by atoms with Gasteiger partial charge in [0, 0.05) is 18.1 Å². The molecule has 17 heavy (non-hydrogen) atoms. The van der Waals surface area contributed by atoms with Crippen LogP contribution in [0.5, 0.6) is 0 Å². The van der Waals surface area contributed by atoms with Crippen LogP contribution in [0, 0.1) is 0 Å². The number of hydrogen-bond acceptors (Lipinski definition) is 3. The van der Waals surface area contributed by atoms with Crippen LogP contribution in [-0.4, -0.2) is 24.3 Å². The van der Waals surface area contributed by atoms with Crippen molar-refractivity contribution in [3.63, 3.8) is 0 Å². The SMILES string of the molecule is CN(CC1(O)CCCC1)c1ccc(Br)cc1N. The van der Waals surface area contributed by atoms with Gasteiger partial charge in [0.2, 0.25) is 0 Å². The van der Waals surface area contributed by atoms with E-state index in [4.69, 9.17) is 5.73 Å². The number of nitrogens with two attached hydrogens (primary N) is 1. The molecule has 0 radical (unpaired) electrons. The topological polar surface area (TPSA) is 49.5 Å². The molecule has 1 saturated carbocycles. The monoisotopic (exact) mass is 298 g/mol. The largest absolute Gasteiger partial charge is 0.397 e. The van der Waals surface area contributed by atoms with Gasteiger partial charge in [0.25, 0.3) is 0 Å². The van der Waals surface area contributed by atoms with E-state index in [-0.39, 0.29) is 0 Å². The van der Waals surface area contributed by atoms with Gasteiger partial charge in [-0.15, -0.1) is 0 Å². The molecule has 3 N–H and O–H groups in total. The molecule has 0 aromatic heterocycles. The summed E-state index contributed by atoms with van der Waals surface area (Å²) in [7, 11) is 1.98. The minimum Gasteiger partial charge on any atom is -0.397 e. The van der Waals surface area contributed by atoms with E-state index in [0.717, 1.165) is 41.5 Å². The maximum absolute atomic E-state index is 10.4. The summed E-state index contributed by atoms with van der Waals surface area (Å²) >= 11 is 3.40. The van der Waals surface area contributed by atoms with E-state index in [0.29, 0.717) is 6.54 Å². The third kappa shape index (κ3) is 2.93. The molecule has 2 rings (SSSR count). The highest BCUT2D eigenvalue weighted by Crippen LogP contribution is 2.33. The summed E-state index contributed by atoms with van der Waals surface area (Å²) in [6, 6.07) is 5.85. The molecule has 1 fully saturated rings. The number of rotatable bonds is 3. The van der Waals surface area contributed by atoms with Crippen LogP contribution >= 0.6 is 15.9 Å². The van der Waals surface area contributed by atoms with Gasteiger partial charge in [0.05, 0.1) is 17.0 Å². The third-order valence-electron chi connectivity index (χ3n) is 3.47. The lowest BCUT2D eigenvalue weighted by Gasteiger charge is -2.30. The average molecular weight is 299 g/mol. The zero-order chi connectivity index (χ0) is 12.5. The Morgan fingerprint density at radius 2 is 2.06 bits per heavy atom. The lowest BCUT2D eigenvalue weighted by Crippen LogP contribution is -2.39. The Balaban J connectivity index is 2.11. The maximum Gasteiger partial charge on any atom is 0.0821 e. The molecule has 0 unspecified atom stereocenters. The molecule has 94 valence electrons. The number of likely N-dealkylation sites (N-methyl/N-ethyl adjacent to an activating group) is 1. The Labute approximate surface area is 111 Å². The van der Waals surface area contributed by atoms with Crippen molar-refractivity contribution in [2.75, 3.05) is 24.2 Å². The zero-order valence-electron chi connectivity index (χ0n) is 10.1. The summed E-state index contributed by atoms with van der Waals surface area (Å²) < 4.78 is 0.978. The van der Waals surface area contributed by atoms with E-state index >= 15 is 0 Å². The molecule has 0 heterocycles. The molecule has 0 bridgehead atoms. The molecule has 0 amide bonds. The van der Waals surface area contributed by atoms with Crippen molar-refractivity contribution in [3.05, 3.63) is 22.7 Å². The van der Waals surface area contributed by atoms with Gasteiger partial charge < -0.3 is 15.7 Å². The quantitative estimate of drug-likeness (QED) is 0.844. The van der Waals surface area contributed by atoms with Gasteiger partial charge in [-0.2, -0.15) is 0 Å². The highest BCUT2D eigenvalue weighted by atomic mass is 79.9. The van der Waals surface area contributed by atoms with E-state index < -0.39 is 5.60 Å². The number of nitrogen functional groups attached to an aromatic ring is 1. The second kappa shape index (κ2) is 4.86. The normalized spacial score (nSPS) is 18.3. The summed E-state index contributed by atoms with van der Waals surface area (Å²) in [6.45, 7) is 0.652. The van der Waals surface area contributed by atoms with Crippen molar-refractivity contribution in [1.82, 2.24) is 0 Å². The molecule has 0 saturated heterocycles. The molecule has 1 aromatic carbocycles. The molecular formula is C13H19BrN2O. The Bertz CT molecular complexity index is 402. The molecule has 0 atom stereocenters. The highest BCUT2D eigenvalue weighted by Gasteiger charge is 2.32. The number of nitrogens with zero attached hydrogens (tertiary/aromatic N) is 1. The van der Waals surface area contributed by atoms with Gasteiger partial charge >= 0.3 is 0 Å². The Kier molecular flexibility index (Phi) is 3.64. The predicted molar refractivity (Wildman–Crippen MR) is 75.2 cm³/mol. The second-order valence-electron chi connectivity index (χ2n) is 4.99. The molecule has 4 heteroatoms. The number of benzene rings is 1. The summed E-state index contributed by atoms with van der Waals surface area (Å²) in [5.41, 5.74) is 7.17. The van der Waals surface area contributed by atoms with Crippen molar-refractivity contribution >= 4 is 27.3 Å². The van der Waals surface area contributed by atoms with Crippen molar-refractivity contribution in [1.29, 1.82) is 0 Å². The fraction of sp³-hybridized carbons (Fsp3) is 0.538. The standard InChI is InChI=1S/C13H19BrN2O/c1-16(9-13(17)6-2-3-7-13)12-5-4-10(14)8-11(12)15/h4-5,8,17H,2-3,6-7,9,15H2,1H3. The van der Waals surface area contributed by atoms with Crippen molar-refractivity contribution in [2.24, 2.45) is 0 Å². The van der Waals surface area contributed by atoms with Crippen LogP contribution < -0.4 is 10.6 Å². The van der Waals surface area contributed by atoms with Crippen LogP contribution in [0.1, 0.15) is 25.7 Å². The minimum absolute atomic E-state index is 0.533. The number of hydrogen-bond donors (Lipinski definition) is 2. The maximum atomic E-state index is 10.4. The van der Waals surface area contributed by atoms with E-state index in [1.165, 1.54) is 0 Å². The first-order chi connectivity index (χ1) is 8.00. The summed E-state index contributed by atoms with van der Waals surface area (Å²) in [5.74, 6) is 0. The zero-order valence-corrected chi connectivity index (χ0v) is 11.7. The van der Waals surface area contributed by atoms with Gasteiger partial charge in [-0.3, -0.25) is 0 Å². The van der Waals surface area contributed by atoms with E-state index in [9.17, 15) is 5.11 Å². The van der Waals surface area contributed by atoms with Crippen molar-refractivity contribution in [3.8, 4) is 0 Å². The molecule has 1 aromatic rings. The average Bonchev–Trinajstić information content (AvgIpc) is 2.64. The van der Waals surface area contributed by atoms with Crippen molar-refractivity contribution in [2.45, 2.75) is 31.3 Å². The third-order valence-corrected chi connectivity index (χ3v) is 3.96. The number of anilines is 2. The van der Waals surface area contributed by atoms with E-state index in [2.05, 4.69) is 15.9 Å². The Morgan fingerprint density at radius 1 is 1.41 bits per heavy atom. The van der Waals surface area contributed by atoms with Crippen LogP contribution in [0.25, 0.3) is 0 Å². The predicted octanol–water partition coefficient (Wildman–Crippen LogP) is 2.77. The molecule has 1 aliphatic carbocycles. The summed E-state index contributed by atoms with van der Waals surface area (Å²) in [4.78, 5) is 2.05. The minimum atomic E-state index is -0.533. The summed E-state index contributed by atoms with van der Waals surface area (Å²) in [6.07, 6.45) is 4.04. The van der Waals surface area contributed by atoms with E-state index in [1.54, 1.807) is 0 Å². The lowest BCUT2D eigenvalue weighted by atomic mass is 10.0. The van der Waals surface area contributed by atoms with Gasteiger partial charge in [0.1, 0.15) is 0 Å². The van der Waals surface area contributed by atoms with Crippen LogP contribution in [0.3, 0.4) is 0 Å². The molecular weight excluding hydrogens is 280 g/mol. The van der Waals surface area contributed by atoms with Gasteiger partial charge in [0.15, 0.2) is 0 Å². The fourth-order valence-corrected chi connectivity index (χ4v) is 2.97. The van der Waals surface area contributed by atoms with Crippen LogP contribution in [-0.2, 0) is 0 Å². The number of aliphatic hydroxyl groups is 1. The van der Waals surface area contributed by atoms with Crippen molar-refractivity contribution < 1.29 is 5.11 Å². The highest BCUT2D eigenvalue weighted by molar-refractivity contribution is 9.10. The van der Waals surface area contributed by atoms with E-state index in [1.807, 2.05) is 30.1 Å². The lowest BCUT2D eigenvalue weighted by molar-refractivity contribution is 0.0559. The van der Waals surface area contributed by atoms with Crippen LogP contribution in [0.2, 0.25) is 0 Å². The molecule has 1 aliphatic rings. The van der Waals surface area contributed by atoms with Crippen LogP contribution in [0.15, 0.2) is 22.7 Å². The number of halogens is 1. The first kappa shape index (κ1) is 12.7. The summed E-state index contributed by atoms with van der Waals surface area (Å²) in [5, 5.41) is 10.4. The van der Waals surface area contributed by atoms with Gasteiger partial charge in [-0.25, -0.2) is 0 Å². The molecule has 0 aliphatic heterocycles. The fourth-order valence-electron chi connectivity index (χ4n) is 2.59. The molecule has 0 spiro atoms. The Hall–Kier alpha value is -0.740. The van der Waals surface area contributed by atoms with Gasteiger partial charge in [-0.05, 0) is 31.0 Å². The smallest absolute Gasteiger partial charge is 0.0821 e. The van der Waals surface area contributed by atoms with Crippen LogP contribution in [0.4, 0.5) is 11.4 Å². The van der Waals surface area contributed by atoms with Gasteiger partial charge in [-0.1, -0.05) is 28.8 Å². The Morgan fingerprint density at radius 3 is 2.65 bits per heavy atom.